The molecule has 0 unspecified atom stereocenters. The summed E-state index contributed by atoms with van der Waals surface area (Å²) in [6.07, 6.45) is 2.08. The van der Waals surface area contributed by atoms with E-state index in [1.54, 1.807) is 0 Å². The summed E-state index contributed by atoms with van der Waals surface area (Å²) in [6, 6.07) is 6.86. The third-order valence-electron chi connectivity index (χ3n) is 2.87. The second kappa shape index (κ2) is 4.84. The number of aryl methyl sites for hydroxylation is 3. The lowest BCUT2D eigenvalue weighted by Gasteiger charge is -2.14. The van der Waals surface area contributed by atoms with Gasteiger partial charge in [0.15, 0.2) is 0 Å². The van der Waals surface area contributed by atoms with Crippen molar-refractivity contribution < 1.29 is 0 Å². The zero-order valence-electron chi connectivity index (χ0n) is 11.8. The molecule has 3 heteroatoms. The molecule has 0 fully saturated rings. The van der Waals surface area contributed by atoms with E-state index in [4.69, 9.17) is 0 Å². The van der Waals surface area contributed by atoms with Crippen LogP contribution in [0.3, 0.4) is 0 Å². The Hall–Kier alpha value is -1.77. The summed E-state index contributed by atoms with van der Waals surface area (Å²) in [5, 5.41) is 3.39. The van der Waals surface area contributed by atoms with Crippen molar-refractivity contribution in [3.8, 4) is 5.69 Å². The molecule has 1 N–H and O–H groups in total. The van der Waals surface area contributed by atoms with Crippen LogP contribution in [0.15, 0.2) is 24.4 Å². The number of anilines is 1. The molecule has 2 aromatic rings. The second-order valence-corrected chi connectivity index (χ2v) is 5.16. The van der Waals surface area contributed by atoms with Crippen LogP contribution in [-0.4, -0.2) is 15.6 Å². The van der Waals surface area contributed by atoms with Gasteiger partial charge in [0.2, 0.25) is 5.95 Å². The first-order valence-corrected chi connectivity index (χ1v) is 6.37. The van der Waals surface area contributed by atoms with Gasteiger partial charge in [-0.1, -0.05) is 12.1 Å². The summed E-state index contributed by atoms with van der Waals surface area (Å²) in [6.45, 7) is 10.5. The Morgan fingerprint density at radius 1 is 1.17 bits per heavy atom. The SMILES string of the molecule is Cc1ccc(C)c(-n2cc(C)nc2NC(C)C)c1. The zero-order chi connectivity index (χ0) is 13.3. The predicted octanol–water partition coefficient (Wildman–Crippen LogP) is 3.62. The van der Waals surface area contributed by atoms with Gasteiger partial charge in [-0.2, -0.15) is 0 Å². The highest BCUT2D eigenvalue weighted by Gasteiger charge is 2.10. The number of nitrogens with zero attached hydrogens (tertiary/aromatic N) is 2. The molecular weight excluding hydrogens is 222 g/mol. The minimum atomic E-state index is 0.371. The Kier molecular flexibility index (Phi) is 3.41. The van der Waals surface area contributed by atoms with Crippen LogP contribution in [0.1, 0.15) is 30.7 Å². The summed E-state index contributed by atoms with van der Waals surface area (Å²) >= 11 is 0. The molecule has 1 aromatic heterocycles. The minimum Gasteiger partial charge on any atom is -0.353 e. The van der Waals surface area contributed by atoms with Crippen LogP contribution in [0.5, 0.6) is 0 Å². The molecule has 0 atom stereocenters. The fourth-order valence-corrected chi connectivity index (χ4v) is 2.02. The first-order valence-electron chi connectivity index (χ1n) is 6.37. The number of benzene rings is 1. The van der Waals surface area contributed by atoms with E-state index in [9.17, 15) is 0 Å². The average molecular weight is 243 g/mol. The maximum Gasteiger partial charge on any atom is 0.207 e. The van der Waals surface area contributed by atoms with Crippen LogP contribution in [0.2, 0.25) is 0 Å². The van der Waals surface area contributed by atoms with E-state index in [0.717, 1.165) is 11.6 Å². The van der Waals surface area contributed by atoms with Gasteiger partial charge in [-0.05, 0) is 51.8 Å². The van der Waals surface area contributed by atoms with Crippen LogP contribution in [0.4, 0.5) is 5.95 Å². The standard InChI is InChI=1S/C15H21N3/c1-10(2)16-15-17-13(5)9-18(15)14-8-11(3)6-7-12(14)4/h6-10H,1-5H3,(H,16,17). The molecule has 96 valence electrons. The second-order valence-electron chi connectivity index (χ2n) is 5.16. The minimum absolute atomic E-state index is 0.371. The fraction of sp³-hybridized carbons (Fsp3) is 0.400. The smallest absolute Gasteiger partial charge is 0.207 e. The third kappa shape index (κ3) is 2.55. The molecule has 0 radical (unpaired) electrons. The van der Waals surface area contributed by atoms with Gasteiger partial charge < -0.3 is 5.32 Å². The molecule has 0 saturated heterocycles. The first-order chi connectivity index (χ1) is 8.47. The van der Waals surface area contributed by atoms with Crippen molar-refractivity contribution in [1.29, 1.82) is 0 Å². The van der Waals surface area contributed by atoms with Gasteiger partial charge in [0.1, 0.15) is 0 Å². The van der Waals surface area contributed by atoms with Crippen molar-refractivity contribution in [1.82, 2.24) is 9.55 Å². The number of aromatic nitrogens is 2. The van der Waals surface area contributed by atoms with E-state index in [1.807, 2.05) is 6.92 Å². The third-order valence-corrected chi connectivity index (χ3v) is 2.87. The van der Waals surface area contributed by atoms with Crippen molar-refractivity contribution in [2.45, 2.75) is 40.7 Å². The van der Waals surface area contributed by atoms with Crippen LogP contribution in [0.25, 0.3) is 5.69 Å². The van der Waals surface area contributed by atoms with Crippen molar-refractivity contribution in [2.24, 2.45) is 0 Å². The lowest BCUT2D eigenvalue weighted by atomic mass is 10.1. The molecule has 0 amide bonds. The van der Waals surface area contributed by atoms with Gasteiger partial charge in [-0.15, -0.1) is 0 Å². The Balaban J connectivity index is 2.52. The van der Waals surface area contributed by atoms with E-state index in [-0.39, 0.29) is 0 Å². The van der Waals surface area contributed by atoms with Crippen LogP contribution in [-0.2, 0) is 0 Å². The number of nitrogens with one attached hydrogen (secondary N) is 1. The Bertz CT molecular complexity index is 553. The molecule has 18 heavy (non-hydrogen) atoms. The number of imidazole rings is 1. The van der Waals surface area contributed by atoms with Crippen molar-refractivity contribution in [2.75, 3.05) is 5.32 Å². The quantitative estimate of drug-likeness (QED) is 0.892. The van der Waals surface area contributed by atoms with Gasteiger partial charge in [-0.25, -0.2) is 4.98 Å². The monoisotopic (exact) mass is 243 g/mol. The van der Waals surface area contributed by atoms with Gasteiger partial charge >= 0.3 is 0 Å². The van der Waals surface area contributed by atoms with Crippen LogP contribution in [0, 0.1) is 20.8 Å². The highest BCUT2D eigenvalue weighted by atomic mass is 15.2. The molecule has 1 heterocycles. The summed E-state index contributed by atoms with van der Waals surface area (Å²) in [7, 11) is 0. The molecule has 0 aliphatic carbocycles. The van der Waals surface area contributed by atoms with Gasteiger partial charge in [0, 0.05) is 12.2 Å². The molecule has 0 spiro atoms. The maximum absolute atomic E-state index is 4.55. The van der Waals surface area contributed by atoms with E-state index in [1.165, 1.54) is 16.8 Å². The summed E-state index contributed by atoms with van der Waals surface area (Å²) in [5.74, 6) is 0.913. The predicted molar refractivity (Wildman–Crippen MR) is 76.5 cm³/mol. The fourth-order valence-electron chi connectivity index (χ4n) is 2.02. The normalized spacial score (nSPS) is 11.0. The molecule has 0 aliphatic rings. The molecule has 0 aliphatic heterocycles. The van der Waals surface area contributed by atoms with Crippen LogP contribution >= 0.6 is 0 Å². The molecule has 0 saturated carbocycles. The Morgan fingerprint density at radius 2 is 1.89 bits per heavy atom. The lowest BCUT2D eigenvalue weighted by molar-refractivity contribution is 0.862. The molecule has 2 rings (SSSR count). The molecule has 1 aromatic carbocycles. The topological polar surface area (TPSA) is 29.9 Å². The van der Waals surface area contributed by atoms with Gasteiger partial charge in [-0.3, -0.25) is 4.57 Å². The number of hydrogen-bond acceptors (Lipinski definition) is 2. The van der Waals surface area contributed by atoms with E-state index in [0.29, 0.717) is 6.04 Å². The Morgan fingerprint density at radius 3 is 2.56 bits per heavy atom. The van der Waals surface area contributed by atoms with Crippen molar-refractivity contribution >= 4 is 5.95 Å². The van der Waals surface area contributed by atoms with E-state index in [2.05, 4.69) is 67.0 Å². The average Bonchev–Trinajstić information content (AvgIpc) is 2.62. The largest absolute Gasteiger partial charge is 0.353 e. The summed E-state index contributed by atoms with van der Waals surface area (Å²) < 4.78 is 2.14. The molecule has 3 nitrogen and oxygen atoms in total. The van der Waals surface area contributed by atoms with Crippen molar-refractivity contribution in [3.05, 3.63) is 41.2 Å². The van der Waals surface area contributed by atoms with Gasteiger partial charge in [0.05, 0.1) is 11.4 Å². The Labute approximate surface area is 109 Å². The molecular formula is C15H21N3. The van der Waals surface area contributed by atoms with Gasteiger partial charge in [0.25, 0.3) is 0 Å². The zero-order valence-corrected chi connectivity index (χ0v) is 11.8. The summed E-state index contributed by atoms with van der Waals surface area (Å²) in [4.78, 5) is 4.55. The molecule has 0 bridgehead atoms. The van der Waals surface area contributed by atoms with E-state index >= 15 is 0 Å². The van der Waals surface area contributed by atoms with Crippen LogP contribution < -0.4 is 5.32 Å². The lowest BCUT2D eigenvalue weighted by Crippen LogP contribution is -2.14. The first kappa shape index (κ1) is 12.7. The summed E-state index contributed by atoms with van der Waals surface area (Å²) in [5.41, 5.74) is 4.74. The highest BCUT2D eigenvalue weighted by molar-refractivity contribution is 5.49. The number of hydrogen-bond donors (Lipinski definition) is 1. The maximum atomic E-state index is 4.55. The number of rotatable bonds is 3. The highest BCUT2D eigenvalue weighted by Crippen LogP contribution is 2.21. The van der Waals surface area contributed by atoms with E-state index < -0.39 is 0 Å². The van der Waals surface area contributed by atoms with Crippen molar-refractivity contribution in [3.63, 3.8) is 0 Å².